The molecule has 0 aromatic heterocycles. The van der Waals surface area contributed by atoms with E-state index in [9.17, 15) is 15.0 Å². The predicted octanol–water partition coefficient (Wildman–Crippen LogP) is 2.11. The first-order valence-electron chi connectivity index (χ1n) is 6.91. The van der Waals surface area contributed by atoms with Crippen LogP contribution in [0.5, 0.6) is 11.5 Å². The highest BCUT2D eigenvalue weighted by molar-refractivity contribution is 5.70. The van der Waals surface area contributed by atoms with Crippen molar-refractivity contribution in [2.45, 2.75) is 32.6 Å². The maximum Gasteiger partial charge on any atom is 0.307 e. The Bertz CT molecular complexity index is 427. The number of carbonyl (C=O) groups is 1. The van der Waals surface area contributed by atoms with Crippen LogP contribution in [0.4, 0.5) is 0 Å². The molecule has 0 fully saturated rings. The van der Waals surface area contributed by atoms with Crippen molar-refractivity contribution in [2.24, 2.45) is 17.6 Å². The summed E-state index contributed by atoms with van der Waals surface area (Å²) < 4.78 is 0. The number of nitrogens with two attached hydrogens (primary N) is 1. The van der Waals surface area contributed by atoms with E-state index in [2.05, 4.69) is 0 Å². The molecule has 0 aliphatic rings. The van der Waals surface area contributed by atoms with Crippen molar-refractivity contribution in [3.63, 3.8) is 0 Å². The lowest BCUT2D eigenvalue weighted by Gasteiger charge is -2.18. The smallest absolute Gasteiger partial charge is 0.307 e. The predicted molar refractivity (Wildman–Crippen MR) is 76.7 cm³/mol. The number of phenols is 2. The van der Waals surface area contributed by atoms with Gasteiger partial charge >= 0.3 is 5.97 Å². The lowest BCUT2D eigenvalue weighted by atomic mass is 9.88. The van der Waals surface area contributed by atoms with Crippen LogP contribution >= 0.6 is 0 Å². The van der Waals surface area contributed by atoms with Gasteiger partial charge in [-0.2, -0.15) is 0 Å². The third kappa shape index (κ3) is 5.09. The van der Waals surface area contributed by atoms with Crippen molar-refractivity contribution >= 4 is 5.97 Å². The lowest BCUT2D eigenvalue weighted by molar-refractivity contribution is -0.142. The highest BCUT2D eigenvalue weighted by Gasteiger charge is 2.20. The van der Waals surface area contributed by atoms with Gasteiger partial charge in [-0.1, -0.05) is 13.3 Å². The number of carboxylic acids is 1. The fourth-order valence-corrected chi connectivity index (χ4v) is 2.36. The second kappa shape index (κ2) is 7.75. The van der Waals surface area contributed by atoms with Crippen LogP contribution in [-0.2, 0) is 11.2 Å². The summed E-state index contributed by atoms with van der Waals surface area (Å²) in [6.45, 7) is 2.18. The summed E-state index contributed by atoms with van der Waals surface area (Å²) >= 11 is 0. The highest BCUT2D eigenvalue weighted by Crippen LogP contribution is 2.25. The van der Waals surface area contributed by atoms with Crippen LogP contribution in [0.2, 0.25) is 0 Å². The summed E-state index contributed by atoms with van der Waals surface area (Å²) in [5.74, 6) is -1.00. The monoisotopic (exact) mass is 281 g/mol. The molecule has 1 aromatic rings. The molecule has 0 spiro atoms. The minimum atomic E-state index is -0.846. The van der Waals surface area contributed by atoms with Gasteiger partial charge in [0.2, 0.25) is 0 Å². The molecule has 1 rings (SSSR count). The van der Waals surface area contributed by atoms with Crippen LogP contribution in [0, 0.1) is 11.8 Å². The Morgan fingerprint density at radius 2 is 1.85 bits per heavy atom. The molecule has 112 valence electrons. The molecule has 0 saturated heterocycles. The van der Waals surface area contributed by atoms with Gasteiger partial charge in [0.25, 0.3) is 0 Å². The summed E-state index contributed by atoms with van der Waals surface area (Å²) in [5, 5.41) is 27.9. The van der Waals surface area contributed by atoms with Crippen LogP contribution in [0.25, 0.3) is 0 Å². The third-order valence-corrected chi connectivity index (χ3v) is 3.63. The normalized spacial score (nSPS) is 13.9. The van der Waals surface area contributed by atoms with E-state index in [1.165, 1.54) is 6.07 Å². The van der Waals surface area contributed by atoms with Crippen molar-refractivity contribution in [3.8, 4) is 11.5 Å². The molecule has 1 aromatic carbocycles. The van der Waals surface area contributed by atoms with Gasteiger partial charge < -0.3 is 21.1 Å². The minimum absolute atomic E-state index is 0.0402. The number of aryl methyl sites for hydroxylation is 1. The molecule has 0 heterocycles. The molecule has 5 N–H and O–H groups in total. The summed E-state index contributed by atoms with van der Waals surface area (Å²) in [5.41, 5.74) is 6.32. The second-order valence-corrected chi connectivity index (χ2v) is 5.18. The Balaban J connectivity index is 2.58. The quantitative estimate of drug-likeness (QED) is 0.584. The van der Waals surface area contributed by atoms with Gasteiger partial charge in [-0.05, 0) is 42.9 Å². The van der Waals surface area contributed by atoms with E-state index in [4.69, 9.17) is 10.8 Å². The van der Waals surface area contributed by atoms with Gasteiger partial charge in [-0.15, -0.1) is 0 Å². The first-order valence-corrected chi connectivity index (χ1v) is 6.91. The Hall–Kier alpha value is -1.75. The minimum Gasteiger partial charge on any atom is -0.508 e. The number of carboxylic acid groups (broad SMARTS) is 1. The van der Waals surface area contributed by atoms with E-state index in [1.807, 2.05) is 6.92 Å². The van der Waals surface area contributed by atoms with Crippen molar-refractivity contribution in [3.05, 3.63) is 23.8 Å². The maximum atomic E-state index is 11.0. The van der Waals surface area contributed by atoms with Gasteiger partial charge in [0, 0.05) is 12.6 Å². The fraction of sp³-hybridized carbons (Fsp3) is 0.533. The Morgan fingerprint density at radius 1 is 1.25 bits per heavy atom. The van der Waals surface area contributed by atoms with Gasteiger partial charge in [-0.25, -0.2) is 0 Å². The van der Waals surface area contributed by atoms with E-state index in [1.54, 1.807) is 12.1 Å². The van der Waals surface area contributed by atoms with Gasteiger partial charge in [0.05, 0.1) is 5.92 Å². The van der Waals surface area contributed by atoms with Crippen molar-refractivity contribution in [2.75, 3.05) is 6.54 Å². The Kier molecular flexibility index (Phi) is 6.31. The molecule has 0 amide bonds. The number of rotatable bonds is 8. The molecule has 5 nitrogen and oxygen atoms in total. The number of hydrogen-bond donors (Lipinski definition) is 4. The van der Waals surface area contributed by atoms with Crippen molar-refractivity contribution in [1.82, 2.24) is 0 Å². The summed E-state index contributed by atoms with van der Waals surface area (Å²) in [6.07, 6.45) is 2.95. The largest absolute Gasteiger partial charge is 0.508 e. The molecule has 0 radical (unpaired) electrons. The molecule has 0 saturated carbocycles. The number of aromatic hydroxyl groups is 2. The molecule has 0 aliphatic carbocycles. The number of phenolic OH excluding ortho intramolecular Hbond substituents is 2. The van der Waals surface area contributed by atoms with Crippen LogP contribution in [0.3, 0.4) is 0 Å². The average Bonchev–Trinajstić information content (AvgIpc) is 2.37. The standard InChI is InChI=1S/C15H23NO4/c1-2-10(5-12(9-16)15(19)20)3-4-11-6-13(17)8-14(18)7-11/h6-8,10,12,17-18H,2-5,9,16H2,1H3,(H,19,20). The van der Waals surface area contributed by atoms with Crippen molar-refractivity contribution in [1.29, 1.82) is 0 Å². The molecule has 20 heavy (non-hydrogen) atoms. The third-order valence-electron chi connectivity index (χ3n) is 3.63. The van der Waals surface area contributed by atoms with Crippen LogP contribution in [0.15, 0.2) is 18.2 Å². The second-order valence-electron chi connectivity index (χ2n) is 5.18. The zero-order valence-corrected chi connectivity index (χ0v) is 11.7. The maximum absolute atomic E-state index is 11.0. The first-order chi connectivity index (χ1) is 9.46. The summed E-state index contributed by atoms with van der Waals surface area (Å²) in [4.78, 5) is 11.0. The van der Waals surface area contributed by atoms with Crippen LogP contribution in [0.1, 0.15) is 31.7 Å². The molecular weight excluding hydrogens is 258 g/mol. The van der Waals surface area contributed by atoms with Gasteiger partial charge in [-0.3, -0.25) is 4.79 Å². The van der Waals surface area contributed by atoms with E-state index >= 15 is 0 Å². The number of hydrogen-bond acceptors (Lipinski definition) is 4. The van der Waals surface area contributed by atoms with E-state index in [-0.39, 0.29) is 24.0 Å². The molecule has 2 unspecified atom stereocenters. The Labute approximate surface area is 119 Å². The Morgan fingerprint density at radius 3 is 2.30 bits per heavy atom. The molecule has 0 aliphatic heterocycles. The van der Waals surface area contributed by atoms with Crippen LogP contribution in [-0.4, -0.2) is 27.8 Å². The van der Waals surface area contributed by atoms with Gasteiger partial charge in [0.1, 0.15) is 11.5 Å². The van der Waals surface area contributed by atoms with E-state index in [0.717, 1.165) is 18.4 Å². The lowest BCUT2D eigenvalue weighted by Crippen LogP contribution is -2.25. The highest BCUT2D eigenvalue weighted by atomic mass is 16.4. The molecular formula is C15H23NO4. The number of aliphatic carboxylic acids is 1. The van der Waals surface area contributed by atoms with Crippen molar-refractivity contribution < 1.29 is 20.1 Å². The molecule has 0 bridgehead atoms. The zero-order valence-electron chi connectivity index (χ0n) is 11.7. The fourth-order valence-electron chi connectivity index (χ4n) is 2.36. The summed E-state index contributed by atoms with van der Waals surface area (Å²) in [6, 6.07) is 4.52. The van der Waals surface area contributed by atoms with Crippen LogP contribution < -0.4 is 5.73 Å². The topological polar surface area (TPSA) is 104 Å². The molecule has 5 heteroatoms. The SMILES string of the molecule is CCC(CCc1cc(O)cc(O)c1)CC(CN)C(=O)O. The van der Waals surface area contributed by atoms with Gasteiger partial charge in [0.15, 0.2) is 0 Å². The van der Waals surface area contributed by atoms with E-state index in [0.29, 0.717) is 12.8 Å². The van der Waals surface area contributed by atoms with E-state index < -0.39 is 11.9 Å². The zero-order chi connectivity index (χ0) is 15.1. The number of benzene rings is 1. The summed E-state index contributed by atoms with van der Waals surface area (Å²) in [7, 11) is 0. The average molecular weight is 281 g/mol. The molecule has 2 atom stereocenters. The first kappa shape index (κ1) is 16.3.